The van der Waals surface area contributed by atoms with Crippen molar-refractivity contribution in [3.8, 4) is 0 Å². The number of aryl methyl sites for hydroxylation is 2. The average molecular weight is 297 g/mol. The topological polar surface area (TPSA) is 40.5 Å². The van der Waals surface area contributed by atoms with E-state index in [4.69, 9.17) is 0 Å². The number of hydrogen-bond acceptors (Lipinski definition) is 2. The lowest BCUT2D eigenvalue weighted by molar-refractivity contribution is 0.0705. The van der Waals surface area contributed by atoms with Crippen molar-refractivity contribution in [2.45, 2.75) is 26.3 Å². The number of aliphatic hydroxyl groups is 1. The Morgan fingerprint density at radius 1 is 1.09 bits per heavy atom. The van der Waals surface area contributed by atoms with Gasteiger partial charge in [-0.2, -0.15) is 0 Å². The molecule has 2 rings (SSSR count). The van der Waals surface area contributed by atoms with Crippen LogP contribution in [0.15, 0.2) is 48.5 Å². The summed E-state index contributed by atoms with van der Waals surface area (Å²) in [6, 6.07) is 15.6. The number of nitrogens with zero attached hydrogens (tertiary/aromatic N) is 1. The van der Waals surface area contributed by atoms with Crippen molar-refractivity contribution in [1.29, 1.82) is 0 Å². The Morgan fingerprint density at radius 3 is 2.23 bits per heavy atom. The maximum absolute atomic E-state index is 12.8. The number of carbonyl (C=O) groups excluding carboxylic acids is 1. The second-order valence-electron chi connectivity index (χ2n) is 5.73. The van der Waals surface area contributed by atoms with E-state index >= 15 is 0 Å². The first-order valence-electron chi connectivity index (χ1n) is 7.54. The molecule has 0 aromatic heterocycles. The highest BCUT2D eigenvalue weighted by Gasteiger charge is 2.22. The van der Waals surface area contributed by atoms with Crippen LogP contribution in [0.3, 0.4) is 0 Å². The van der Waals surface area contributed by atoms with Gasteiger partial charge in [0.25, 0.3) is 5.91 Å². The highest BCUT2D eigenvalue weighted by atomic mass is 16.3. The largest absolute Gasteiger partial charge is 0.396 e. The summed E-state index contributed by atoms with van der Waals surface area (Å²) < 4.78 is 0. The van der Waals surface area contributed by atoms with Crippen LogP contribution in [-0.4, -0.2) is 29.6 Å². The third kappa shape index (κ3) is 3.74. The molecule has 0 saturated heterocycles. The van der Waals surface area contributed by atoms with E-state index in [0.717, 1.165) is 16.7 Å². The average Bonchev–Trinajstić information content (AvgIpc) is 2.51. The quantitative estimate of drug-likeness (QED) is 0.917. The molecule has 0 aliphatic carbocycles. The van der Waals surface area contributed by atoms with E-state index in [-0.39, 0.29) is 18.6 Å². The molecule has 0 radical (unpaired) electrons. The highest BCUT2D eigenvalue weighted by molar-refractivity contribution is 5.94. The molecule has 0 fully saturated rings. The van der Waals surface area contributed by atoms with Crippen LogP contribution in [0.1, 0.15) is 39.5 Å². The van der Waals surface area contributed by atoms with Gasteiger partial charge in [-0.05, 0) is 38.0 Å². The third-order valence-corrected chi connectivity index (χ3v) is 3.84. The van der Waals surface area contributed by atoms with Gasteiger partial charge in [0.15, 0.2) is 0 Å². The maximum atomic E-state index is 12.8. The lowest BCUT2D eigenvalue weighted by Crippen LogP contribution is -2.32. The Bertz CT molecular complexity index is 617. The summed E-state index contributed by atoms with van der Waals surface area (Å²) in [5, 5.41) is 9.35. The number of aliphatic hydroxyl groups excluding tert-OH is 1. The zero-order chi connectivity index (χ0) is 16.1. The highest BCUT2D eigenvalue weighted by Crippen LogP contribution is 2.25. The molecule has 0 aliphatic rings. The van der Waals surface area contributed by atoms with Crippen molar-refractivity contribution < 1.29 is 9.90 Å². The van der Waals surface area contributed by atoms with E-state index in [9.17, 15) is 9.90 Å². The molecule has 1 unspecified atom stereocenters. The summed E-state index contributed by atoms with van der Waals surface area (Å²) in [6.07, 6.45) is 0.525. The fraction of sp³-hybridized carbons (Fsp3) is 0.316. The van der Waals surface area contributed by atoms with Crippen LogP contribution >= 0.6 is 0 Å². The monoisotopic (exact) mass is 297 g/mol. The molecule has 2 aromatic rings. The van der Waals surface area contributed by atoms with Crippen LogP contribution in [0.5, 0.6) is 0 Å². The minimum absolute atomic E-state index is 0.0193. The van der Waals surface area contributed by atoms with Crippen molar-refractivity contribution in [2.75, 3.05) is 13.7 Å². The summed E-state index contributed by atoms with van der Waals surface area (Å²) >= 11 is 0. The number of carbonyl (C=O) groups is 1. The van der Waals surface area contributed by atoms with Gasteiger partial charge in [0, 0.05) is 19.2 Å². The SMILES string of the molecule is Cc1cc(C)cc(C(=O)N(C)C(CCO)c2ccccc2)c1. The lowest BCUT2D eigenvalue weighted by atomic mass is 10.0. The lowest BCUT2D eigenvalue weighted by Gasteiger charge is -2.28. The second kappa shape index (κ2) is 7.23. The molecule has 116 valence electrons. The normalized spacial score (nSPS) is 12.0. The number of rotatable bonds is 5. The molecule has 0 saturated carbocycles. The molecule has 3 nitrogen and oxygen atoms in total. The van der Waals surface area contributed by atoms with Gasteiger partial charge in [0.2, 0.25) is 0 Å². The van der Waals surface area contributed by atoms with Crippen LogP contribution in [0.25, 0.3) is 0 Å². The van der Waals surface area contributed by atoms with Gasteiger partial charge in [-0.1, -0.05) is 47.5 Å². The molecule has 0 spiro atoms. The standard InChI is InChI=1S/C19H23NO2/c1-14-11-15(2)13-17(12-14)19(22)20(3)18(9-10-21)16-7-5-4-6-8-16/h4-8,11-13,18,21H,9-10H2,1-3H3. The van der Waals surface area contributed by atoms with E-state index in [0.29, 0.717) is 12.0 Å². The number of hydrogen-bond donors (Lipinski definition) is 1. The van der Waals surface area contributed by atoms with E-state index in [2.05, 4.69) is 6.07 Å². The van der Waals surface area contributed by atoms with Crippen LogP contribution in [0, 0.1) is 13.8 Å². The molecule has 0 bridgehead atoms. The Kier molecular flexibility index (Phi) is 5.34. The van der Waals surface area contributed by atoms with E-state index in [1.54, 1.807) is 11.9 Å². The van der Waals surface area contributed by atoms with Gasteiger partial charge in [-0.25, -0.2) is 0 Å². The van der Waals surface area contributed by atoms with Crippen LogP contribution in [0.4, 0.5) is 0 Å². The Balaban J connectivity index is 2.30. The van der Waals surface area contributed by atoms with Gasteiger partial charge in [-0.3, -0.25) is 4.79 Å². The predicted octanol–water partition coefficient (Wildman–Crippen LogP) is 3.50. The van der Waals surface area contributed by atoms with Crippen molar-refractivity contribution in [3.05, 3.63) is 70.8 Å². The summed E-state index contributed by atoms with van der Waals surface area (Å²) in [5.74, 6) is -0.0193. The number of amides is 1. The molecular formula is C19H23NO2. The molecular weight excluding hydrogens is 274 g/mol. The molecule has 2 aromatic carbocycles. The first-order valence-corrected chi connectivity index (χ1v) is 7.54. The van der Waals surface area contributed by atoms with Gasteiger partial charge < -0.3 is 10.0 Å². The number of benzene rings is 2. The summed E-state index contributed by atoms with van der Waals surface area (Å²) in [7, 11) is 1.80. The molecule has 0 heterocycles. The molecule has 22 heavy (non-hydrogen) atoms. The van der Waals surface area contributed by atoms with Gasteiger partial charge in [0.05, 0.1) is 6.04 Å². The Morgan fingerprint density at radius 2 is 1.68 bits per heavy atom. The fourth-order valence-electron chi connectivity index (χ4n) is 2.82. The van der Waals surface area contributed by atoms with Crippen molar-refractivity contribution >= 4 is 5.91 Å². The van der Waals surface area contributed by atoms with Crippen molar-refractivity contribution in [2.24, 2.45) is 0 Å². The van der Waals surface area contributed by atoms with Crippen molar-refractivity contribution in [3.63, 3.8) is 0 Å². The van der Waals surface area contributed by atoms with Gasteiger partial charge >= 0.3 is 0 Å². The molecule has 1 amide bonds. The maximum Gasteiger partial charge on any atom is 0.254 e. The summed E-state index contributed by atoms with van der Waals surface area (Å²) in [5.41, 5.74) is 3.89. The Labute approximate surface area is 132 Å². The minimum atomic E-state index is -0.125. The first kappa shape index (κ1) is 16.2. The molecule has 3 heteroatoms. The second-order valence-corrected chi connectivity index (χ2v) is 5.73. The van der Waals surface area contributed by atoms with Gasteiger partial charge in [0.1, 0.15) is 0 Å². The van der Waals surface area contributed by atoms with E-state index < -0.39 is 0 Å². The van der Waals surface area contributed by atoms with Crippen LogP contribution < -0.4 is 0 Å². The van der Waals surface area contributed by atoms with Gasteiger partial charge in [-0.15, -0.1) is 0 Å². The zero-order valence-corrected chi connectivity index (χ0v) is 13.4. The molecule has 1 N–H and O–H groups in total. The van der Waals surface area contributed by atoms with E-state index in [1.165, 1.54) is 0 Å². The third-order valence-electron chi connectivity index (χ3n) is 3.84. The van der Waals surface area contributed by atoms with E-state index in [1.807, 2.05) is 56.3 Å². The molecule has 0 aliphatic heterocycles. The van der Waals surface area contributed by atoms with Crippen molar-refractivity contribution in [1.82, 2.24) is 4.90 Å². The molecule has 1 atom stereocenters. The van der Waals surface area contributed by atoms with Crippen LogP contribution in [0.2, 0.25) is 0 Å². The first-order chi connectivity index (χ1) is 10.5. The summed E-state index contributed by atoms with van der Waals surface area (Å²) in [4.78, 5) is 14.5. The Hall–Kier alpha value is -2.13. The predicted molar refractivity (Wildman–Crippen MR) is 88.9 cm³/mol. The van der Waals surface area contributed by atoms with Crippen LogP contribution in [-0.2, 0) is 0 Å². The summed E-state index contributed by atoms with van der Waals surface area (Å²) in [6.45, 7) is 4.03. The fourth-order valence-corrected chi connectivity index (χ4v) is 2.82. The zero-order valence-electron chi connectivity index (χ0n) is 13.4. The smallest absolute Gasteiger partial charge is 0.254 e. The minimum Gasteiger partial charge on any atom is -0.396 e.